The second kappa shape index (κ2) is 8.80. The second-order valence-corrected chi connectivity index (χ2v) is 10.2. The number of sulfonamides is 1. The molecule has 1 unspecified atom stereocenters. The van der Waals surface area contributed by atoms with Crippen molar-refractivity contribution in [3.05, 3.63) is 88.2 Å². The van der Waals surface area contributed by atoms with Crippen LogP contribution in [0.25, 0.3) is 0 Å². The number of carbonyl (C=O) groups is 1. The summed E-state index contributed by atoms with van der Waals surface area (Å²) >= 11 is 0. The van der Waals surface area contributed by atoms with Crippen LogP contribution in [0.2, 0.25) is 0 Å². The molecule has 1 aliphatic rings. The summed E-state index contributed by atoms with van der Waals surface area (Å²) in [7, 11) is -0.963. The molecular formula is C23H24N4O5S. The highest BCUT2D eigenvalue weighted by molar-refractivity contribution is 7.89. The van der Waals surface area contributed by atoms with Crippen LogP contribution in [0.1, 0.15) is 29.3 Å². The van der Waals surface area contributed by atoms with Gasteiger partial charge < -0.3 is 8.98 Å². The Morgan fingerprint density at radius 1 is 1.15 bits per heavy atom. The number of nitrogens with zero attached hydrogens (tertiary/aromatic N) is 4. The first-order valence-corrected chi connectivity index (χ1v) is 11.7. The topological polar surface area (TPSA) is 105 Å². The van der Waals surface area contributed by atoms with Crippen LogP contribution in [0.15, 0.2) is 80.2 Å². The summed E-state index contributed by atoms with van der Waals surface area (Å²) in [5, 5.41) is 5.86. The SMILES string of the molecule is Cc1ccc(C2=NN(C(=O)Cn3cc(S(=O)(=O)N(C)C)ccc3=O)C(c3ccco3)C2)cc1. The molecule has 3 heterocycles. The van der Waals surface area contributed by atoms with E-state index in [2.05, 4.69) is 5.10 Å². The van der Waals surface area contributed by atoms with Gasteiger partial charge in [-0.3, -0.25) is 9.59 Å². The van der Waals surface area contributed by atoms with E-state index in [0.717, 1.165) is 31.8 Å². The van der Waals surface area contributed by atoms with Crippen molar-refractivity contribution in [3.63, 3.8) is 0 Å². The predicted molar refractivity (Wildman–Crippen MR) is 122 cm³/mol. The second-order valence-electron chi connectivity index (χ2n) is 8.00. The molecule has 1 aliphatic heterocycles. The van der Waals surface area contributed by atoms with Crippen molar-refractivity contribution in [1.29, 1.82) is 0 Å². The molecule has 4 rings (SSSR count). The molecule has 0 spiro atoms. The molecule has 9 nitrogen and oxygen atoms in total. The monoisotopic (exact) mass is 468 g/mol. The third-order valence-electron chi connectivity index (χ3n) is 5.46. The maximum Gasteiger partial charge on any atom is 0.263 e. The lowest BCUT2D eigenvalue weighted by molar-refractivity contribution is -0.134. The van der Waals surface area contributed by atoms with Crippen molar-refractivity contribution in [2.75, 3.05) is 14.1 Å². The van der Waals surface area contributed by atoms with Gasteiger partial charge in [-0.25, -0.2) is 17.7 Å². The van der Waals surface area contributed by atoms with Gasteiger partial charge in [-0.15, -0.1) is 0 Å². The van der Waals surface area contributed by atoms with E-state index >= 15 is 0 Å². The molecule has 0 saturated carbocycles. The van der Waals surface area contributed by atoms with Gasteiger partial charge in [0.05, 0.1) is 16.9 Å². The predicted octanol–water partition coefficient (Wildman–Crippen LogP) is 2.38. The van der Waals surface area contributed by atoms with E-state index in [1.807, 2.05) is 31.2 Å². The normalized spacial score (nSPS) is 16.3. The maximum absolute atomic E-state index is 13.3. The highest BCUT2D eigenvalue weighted by atomic mass is 32.2. The molecule has 0 aliphatic carbocycles. The molecule has 172 valence electrons. The highest BCUT2D eigenvalue weighted by Crippen LogP contribution is 2.33. The van der Waals surface area contributed by atoms with Crippen molar-refractivity contribution in [2.45, 2.75) is 30.8 Å². The number of rotatable bonds is 6. The number of hydrazone groups is 1. The summed E-state index contributed by atoms with van der Waals surface area (Å²) in [6.45, 7) is 1.63. The Bertz CT molecular complexity index is 1360. The molecule has 0 fully saturated rings. The zero-order valence-electron chi connectivity index (χ0n) is 18.5. The van der Waals surface area contributed by atoms with Gasteiger partial charge in [0.1, 0.15) is 18.3 Å². The van der Waals surface area contributed by atoms with Crippen LogP contribution in [0.4, 0.5) is 0 Å². The van der Waals surface area contributed by atoms with Crippen LogP contribution < -0.4 is 5.56 Å². The lowest BCUT2D eigenvalue weighted by Crippen LogP contribution is -2.34. The number of amides is 1. The number of aromatic nitrogens is 1. The van der Waals surface area contributed by atoms with E-state index < -0.39 is 27.5 Å². The third-order valence-corrected chi connectivity index (χ3v) is 7.26. The van der Waals surface area contributed by atoms with E-state index in [4.69, 9.17) is 4.42 Å². The molecule has 0 radical (unpaired) electrons. The van der Waals surface area contributed by atoms with Crippen LogP contribution in [0.3, 0.4) is 0 Å². The Morgan fingerprint density at radius 3 is 2.52 bits per heavy atom. The Hall–Kier alpha value is -3.50. The first-order valence-electron chi connectivity index (χ1n) is 10.3. The van der Waals surface area contributed by atoms with Gasteiger partial charge in [-0.05, 0) is 30.7 Å². The van der Waals surface area contributed by atoms with Crippen LogP contribution in [0, 0.1) is 6.92 Å². The number of aryl methyl sites for hydroxylation is 1. The van der Waals surface area contributed by atoms with E-state index in [-0.39, 0.29) is 11.4 Å². The lowest BCUT2D eigenvalue weighted by Gasteiger charge is -2.20. The molecular weight excluding hydrogens is 444 g/mol. The minimum absolute atomic E-state index is 0.0762. The van der Waals surface area contributed by atoms with E-state index in [1.54, 1.807) is 12.1 Å². The number of hydrogen-bond acceptors (Lipinski definition) is 6. The van der Waals surface area contributed by atoms with Gasteiger partial charge >= 0.3 is 0 Å². The first kappa shape index (κ1) is 22.7. The number of hydrogen-bond donors (Lipinski definition) is 0. The fourth-order valence-electron chi connectivity index (χ4n) is 3.58. The van der Waals surface area contributed by atoms with E-state index in [0.29, 0.717) is 12.2 Å². The molecule has 1 aromatic carbocycles. The summed E-state index contributed by atoms with van der Waals surface area (Å²) in [4.78, 5) is 25.6. The van der Waals surface area contributed by atoms with Crippen molar-refractivity contribution >= 4 is 21.6 Å². The van der Waals surface area contributed by atoms with E-state index in [1.165, 1.54) is 37.6 Å². The fourth-order valence-corrected chi connectivity index (χ4v) is 4.50. The van der Waals surface area contributed by atoms with Crippen molar-refractivity contribution < 1.29 is 17.6 Å². The van der Waals surface area contributed by atoms with Gasteiger partial charge in [0.15, 0.2) is 0 Å². The van der Waals surface area contributed by atoms with Gasteiger partial charge in [0.25, 0.3) is 11.5 Å². The average Bonchev–Trinajstić information content (AvgIpc) is 3.45. The zero-order valence-corrected chi connectivity index (χ0v) is 19.3. The van der Waals surface area contributed by atoms with E-state index in [9.17, 15) is 18.0 Å². The van der Waals surface area contributed by atoms with Gasteiger partial charge in [0.2, 0.25) is 10.0 Å². The van der Waals surface area contributed by atoms with Crippen LogP contribution >= 0.6 is 0 Å². The molecule has 1 amide bonds. The summed E-state index contributed by atoms with van der Waals surface area (Å²) in [6.07, 6.45) is 3.16. The van der Waals surface area contributed by atoms with Crippen molar-refractivity contribution in [1.82, 2.24) is 13.9 Å². The number of furan rings is 1. The molecule has 10 heteroatoms. The summed E-state index contributed by atoms with van der Waals surface area (Å²) in [5.74, 6) is 0.116. The Labute approximate surface area is 191 Å². The molecule has 0 saturated heterocycles. The Morgan fingerprint density at radius 2 is 1.88 bits per heavy atom. The van der Waals surface area contributed by atoms with Crippen LogP contribution in [-0.4, -0.2) is 48.0 Å². The third kappa shape index (κ3) is 4.53. The minimum atomic E-state index is -3.76. The van der Waals surface area contributed by atoms with Crippen molar-refractivity contribution in [3.8, 4) is 0 Å². The van der Waals surface area contributed by atoms with Crippen LogP contribution in [0.5, 0.6) is 0 Å². The molecule has 33 heavy (non-hydrogen) atoms. The summed E-state index contributed by atoms with van der Waals surface area (Å²) in [6, 6.07) is 13.3. The highest BCUT2D eigenvalue weighted by Gasteiger charge is 2.35. The molecule has 1 atom stereocenters. The Balaban J connectivity index is 1.66. The minimum Gasteiger partial charge on any atom is -0.467 e. The smallest absolute Gasteiger partial charge is 0.263 e. The van der Waals surface area contributed by atoms with Crippen LogP contribution in [-0.2, 0) is 21.4 Å². The molecule has 0 N–H and O–H groups in total. The first-order chi connectivity index (χ1) is 15.7. The zero-order chi connectivity index (χ0) is 23.8. The number of carbonyl (C=O) groups excluding carboxylic acids is 1. The molecule has 0 bridgehead atoms. The summed E-state index contributed by atoms with van der Waals surface area (Å²) in [5.41, 5.74) is 2.24. The van der Waals surface area contributed by atoms with Gasteiger partial charge in [-0.2, -0.15) is 5.10 Å². The maximum atomic E-state index is 13.3. The number of benzene rings is 1. The summed E-state index contributed by atoms with van der Waals surface area (Å²) < 4.78 is 32.6. The quantitative estimate of drug-likeness (QED) is 0.552. The fraction of sp³-hybridized carbons (Fsp3) is 0.261. The number of pyridine rings is 1. The average molecular weight is 469 g/mol. The van der Waals surface area contributed by atoms with Gasteiger partial charge in [0, 0.05) is 32.8 Å². The Kier molecular flexibility index (Phi) is 6.05. The lowest BCUT2D eigenvalue weighted by atomic mass is 10.0. The van der Waals surface area contributed by atoms with Gasteiger partial charge in [-0.1, -0.05) is 29.8 Å². The van der Waals surface area contributed by atoms with Crippen molar-refractivity contribution in [2.24, 2.45) is 5.10 Å². The molecule has 3 aromatic rings. The molecule has 2 aromatic heterocycles. The standard InChI is InChI=1S/C23H24N4O5S/c1-16-6-8-17(9-7-16)19-13-20(21-5-4-12-32-21)27(24-19)23(29)15-26-14-18(10-11-22(26)28)33(30,31)25(2)3/h4-12,14,20H,13,15H2,1-3H3. The largest absolute Gasteiger partial charge is 0.467 e.